The number of carbonyl (C=O) groups excluding carboxylic acids is 1. The fourth-order valence-corrected chi connectivity index (χ4v) is 1.85. The van der Waals surface area contributed by atoms with Crippen LogP contribution in [0.15, 0.2) is 30.3 Å². The molecule has 1 heterocycles. The summed E-state index contributed by atoms with van der Waals surface area (Å²) in [6.45, 7) is 1.84. The number of rotatable bonds is 7. The summed E-state index contributed by atoms with van der Waals surface area (Å²) in [6.07, 6.45) is -0.156. The molecule has 0 radical (unpaired) electrons. The molecule has 1 aromatic heterocycles. The minimum atomic E-state index is -0.986. The minimum absolute atomic E-state index is 0.0274. The minimum Gasteiger partial charge on any atom is -0.493 e. The van der Waals surface area contributed by atoms with Crippen LogP contribution < -0.4 is 20.1 Å². The van der Waals surface area contributed by atoms with Crippen LogP contribution in [0.25, 0.3) is 0 Å². The van der Waals surface area contributed by atoms with Gasteiger partial charge in [0.05, 0.1) is 19.2 Å². The Balaban J connectivity index is 2.06. The number of hydrogen-bond acceptors (Lipinski definition) is 6. The number of benzene rings is 1. The molecule has 2 amide bonds. The van der Waals surface area contributed by atoms with Gasteiger partial charge in [-0.15, -0.1) is 5.10 Å². The Morgan fingerprint density at radius 1 is 1.16 bits per heavy atom. The number of carboxylic acid groups (broad SMARTS) is 1. The third kappa shape index (κ3) is 5.65. The predicted molar refractivity (Wildman–Crippen MR) is 89.1 cm³/mol. The molecule has 9 heteroatoms. The number of carbonyl (C=O) groups is 2. The number of nitrogens with one attached hydrogen (secondary N) is 2. The number of hydrogen-bond donors (Lipinski definition) is 3. The average molecular weight is 346 g/mol. The van der Waals surface area contributed by atoms with E-state index in [1.54, 1.807) is 30.3 Å². The van der Waals surface area contributed by atoms with Crippen LogP contribution in [0.1, 0.15) is 12.1 Å². The standard InChI is InChI=1S/C16H18N4O5/c1-10-3-6-14(20-19-10)25-13-9-11(4-5-12(13)24-2)18-16(23)17-8-7-15(21)22/h3-6,9H,7-8H2,1-2H3,(H,21,22)(H2,17,18,23). The van der Waals surface area contributed by atoms with Crippen molar-refractivity contribution in [3.05, 3.63) is 36.0 Å². The molecule has 0 aliphatic rings. The second kappa shape index (κ2) is 8.48. The van der Waals surface area contributed by atoms with Gasteiger partial charge in [-0.1, -0.05) is 0 Å². The highest BCUT2D eigenvalue weighted by Crippen LogP contribution is 2.33. The van der Waals surface area contributed by atoms with Gasteiger partial charge in [0, 0.05) is 24.4 Å². The number of anilines is 1. The maximum absolute atomic E-state index is 11.7. The highest BCUT2D eigenvalue weighted by Gasteiger charge is 2.10. The van der Waals surface area contributed by atoms with Crippen LogP contribution in [-0.4, -0.2) is 41.0 Å². The third-order valence-electron chi connectivity index (χ3n) is 3.03. The fraction of sp³-hybridized carbons (Fsp3) is 0.250. The zero-order valence-corrected chi connectivity index (χ0v) is 13.8. The number of urea groups is 1. The van der Waals surface area contributed by atoms with Gasteiger partial charge >= 0.3 is 12.0 Å². The maximum atomic E-state index is 11.7. The summed E-state index contributed by atoms with van der Waals surface area (Å²) in [5, 5.41) is 21.4. The van der Waals surface area contributed by atoms with E-state index in [1.807, 2.05) is 6.92 Å². The number of aromatic nitrogens is 2. The SMILES string of the molecule is COc1ccc(NC(=O)NCCC(=O)O)cc1Oc1ccc(C)nn1. The van der Waals surface area contributed by atoms with E-state index in [9.17, 15) is 9.59 Å². The maximum Gasteiger partial charge on any atom is 0.319 e. The van der Waals surface area contributed by atoms with Gasteiger partial charge in [-0.2, -0.15) is 5.10 Å². The summed E-state index contributed by atoms with van der Waals surface area (Å²) in [4.78, 5) is 22.2. The number of carboxylic acids is 1. The number of amides is 2. The van der Waals surface area contributed by atoms with Gasteiger partial charge in [0.15, 0.2) is 11.5 Å². The normalized spacial score (nSPS) is 10.0. The predicted octanol–water partition coefficient (Wildman–Crippen LogP) is 2.18. The summed E-state index contributed by atoms with van der Waals surface area (Å²) in [6, 6.07) is 7.73. The molecule has 3 N–H and O–H groups in total. The zero-order chi connectivity index (χ0) is 18.2. The quantitative estimate of drug-likeness (QED) is 0.702. The highest BCUT2D eigenvalue weighted by atomic mass is 16.5. The number of aryl methyl sites for hydroxylation is 1. The first-order chi connectivity index (χ1) is 12.0. The van der Waals surface area contributed by atoms with Crippen LogP contribution >= 0.6 is 0 Å². The second-order valence-corrected chi connectivity index (χ2v) is 5.01. The van der Waals surface area contributed by atoms with Gasteiger partial charge in [-0.3, -0.25) is 4.79 Å². The molecule has 0 saturated heterocycles. The molecule has 9 nitrogen and oxygen atoms in total. The van der Waals surface area contributed by atoms with Gasteiger partial charge in [0.25, 0.3) is 0 Å². The number of ether oxygens (including phenoxy) is 2. The third-order valence-corrected chi connectivity index (χ3v) is 3.03. The average Bonchev–Trinajstić information content (AvgIpc) is 2.57. The summed E-state index contributed by atoms with van der Waals surface area (Å²) >= 11 is 0. The topological polar surface area (TPSA) is 123 Å². The Bertz CT molecular complexity index is 749. The highest BCUT2D eigenvalue weighted by molar-refractivity contribution is 5.89. The van der Waals surface area contributed by atoms with E-state index in [0.717, 1.165) is 5.69 Å². The Kier molecular flexibility index (Phi) is 6.10. The molecule has 0 aliphatic carbocycles. The van der Waals surface area contributed by atoms with Gasteiger partial charge in [-0.25, -0.2) is 4.79 Å². The summed E-state index contributed by atoms with van der Waals surface area (Å²) < 4.78 is 10.9. The molecular weight excluding hydrogens is 328 g/mol. The first-order valence-corrected chi connectivity index (χ1v) is 7.41. The molecule has 0 saturated carbocycles. The first kappa shape index (κ1) is 18.0. The van der Waals surface area contributed by atoms with Gasteiger partial charge in [0.1, 0.15) is 0 Å². The van der Waals surface area contributed by atoms with Crippen molar-refractivity contribution in [2.75, 3.05) is 19.0 Å². The second-order valence-electron chi connectivity index (χ2n) is 5.01. The Labute approximate surface area is 144 Å². The van der Waals surface area contributed by atoms with Gasteiger partial charge in [0.2, 0.25) is 5.88 Å². The van der Waals surface area contributed by atoms with E-state index in [2.05, 4.69) is 20.8 Å². The van der Waals surface area contributed by atoms with E-state index >= 15 is 0 Å². The van der Waals surface area contributed by atoms with Crippen LogP contribution in [0.5, 0.6) is 17.4 Å². The summed E-state index contributed by atoms with van der Waals surface area (Å²) in [7, 11) is 1.49. The molecule has 25 heavy (non-hydrogen) atoms. The number of aliphatic carboxylic acids is 1. The van der Waals surface area contributed by atoms with Crippen molar-refractivity contribution in [1.29, 1.82) is 0 Å². The van der Waals surface area contributed by atoms with Crippen LogP contribution in [0.4, 0.5) is 10.5 Å². The number of nitrogens with zero attached hydrogens (tertiary/aromatic N) is 2. The van der Waals surface area contributed by atoms with Crippen molar-refractivity contribution in [1.82, 2.24) is 15.5 Å². The van der Waals surface area contributed by atoms with Crippen LogP contribution in [0.2, 0.25) is 0 Å². The lowest BCUT2D eigenvalue weighted by molar-refractivity contribution is -0.136. The molecule has 2 aromatic rings. The van der Waals surface area contributed by atoms with Crippen molar-refractivity contribution >= 4 is 17.7 Å². The molecular formula is C16H18N4O5. The smallest absolute Gasteiger partial charge is 0.319 e. The van der Waals surface area contributed by atoms with Gasteiger partial charge < -0.3 is 25.2 Å². The molecule has 0 fully saturated rings. The van der Waals surface area contributed by atoms with Crippen molar-refractivity contribution in [2.24, 2.45) is 0 Å². The molecule has 1 aromatic carbocycles. The summed E-state index contributed by atoms with van der Waals surface area (Å²) in [5.74, 6) is 0.106. The lowest BCUT2D eigenvalue weighted by atomic mass is 10.2. The van der Waals surface area contributed by atoms with Crippen molar-refractivity contribution in [3.63, 3.8) is 0 Å². The van der Waals surface area contributed by atoms with Crippen molar-refractivity contribution in [2.45, 2.75) is 13.3 Å². The van der Waals surface area contributed by atoms with Gasteiger partial charge in [-0.05, 0) is 25.1 Å². The van der Waals surface area contributed by atoms with E-state index in [4.69, 9.17) is 14.6 Å². The molecule has 0 unspecified atom stereocenters. The Morgan fingerprint density at radius 3 is 2.60 bits per heavy atom. The Hall–Kier alpha value is -3.36. The van der Waals surface area contributed by atoms with Crippen LogP contribution in [0.3, 0.4) is 0 Å². The summed E-state index contributed by atoms with van der Waals surface area (Å²) in [5.41, 5.74) is 1.21. The molecule has 0 bridgehead atoms. The van der Waals surface area contributed by atoms with Crippen molar-refractivity contribution < 1.29 is 24.2 Å². The fourth-order valence-electron chi connectivity index (χ4n) is 1.85. The van der Waals surface area contributed by atoms with E-state index in [-0.39, 0.29) is 18.8 Å². The largest absolute Gasteiger partial charge is 0.493 e. The van der Waals surface area contributed by atoms with E-state index < -0.39 is 12.0 Å². The Morgan fingerprint density at radius 2 is 1.96 bits per heavy atom. The van der Waals surface area contributed by atoms with Crippen LogP contribution in [-0.2, 0) is 4.79 Å². The molecule has 0 aliphatic heterocycles. The lowest BCUT2D eigenvalue weighted by Crippen LogP contribution is -2.30. The number of methoxy groups -OCH3 is 1. The molecule has 132 valence electrons. The van der Waals surface area contributed by atoms with E-state index in [1.165, 1.54) is 7.11 Å². The van der Waals surface area contributed by atoms with E-state index in [0.29, 0.717) is 17.2 Å². The monoisotopic (exact) mass is 346 g/mol. The first-order valence-electron chi connectivity index (χ1n) is 7.41. The molecule has 0 spiro atoms. The van der Waals surface area contributed by atoms with Crippen molar-refractivity contribution in [3.8, 4) is 17.4 Å². The zero-order valence-electron chi connectivity index (χ0n) is 13.8. The lowest BCUT2D eigenvalue weighted by Gasteiger charge is -2.12. The molecule has 2 rings (SSSR count). The molecule has 0 atom stereocenters. The van der Waals surface area contributed by atoms with Crippen LogP contribution in [0, 0.1) is 6.92 Å².